The maximum Gasteiger partial charge on any atom is 0.341 e. The summed E-state index contributed by atoms with van der Waals surface area (Å²) in [5, 5.41) is 18.3. The van der Waals surface area contributed by atoms with Crippen LogP contribution in [0.3, 0.4) is 0 Å². The number of amides is 1. The highest BCUT2D eigenvalue weighted by atomic mass is 16.5. The van der Waals surface area contributed by atoms with Gasteiger partial charge in [0.05, 0.1) is 20.3 Å². The van der Waals surface area contributed by atoms with E-state index in [0.29, 0.717) is 55.4 Å². The van der Waals surface area contributed by atoms with Crippen LogP contribution >= 0.6 is 0 Å². The number of hydrogen-bond donors (Lipinski definition) is 1. The number of morpholine rings is 1. The molecule has 1 aliphatic rings. The van der Waals surface area contributed by atoms with Crippen LogP contribution < -0.4 is 9.47 Å². The van der Waals surface area contributed by atoms with E-state index in [1.165, 1.54) is 13.2 Å². The van der Waals surface area contributed by atoms with Gasteiger partial charge in [-0.3, -0.25) is 4.79 Å². The Labute approximate surface area is 163 Å². The predicted molar refractivity (Wildman–Crippen MR) is 101 cm³/mol. The lowest BCUT2D eigenvalue weighted by Crippen LogP contribution is -2.41. The number of carboxylic acids is 1. The number of allylic oxidation sites excluding steroid dienone is 1. The van der Waals surface area contributed by atoms with Gasteiger partial charge in [-0.2, -0.15) is 5.26 Å². The molecule has 8 nitrogen and oxygen atoms in total. The Morgan fingerprint density at radius 1 is 1.39 bits per heavy atom. The number of benzene rings is 1. The lowest BCUT2D eigenvalue weighted by Gasteiger charge is -2.26. The van der Waals surface area contributed by atoms with Crippen molar-refractivity contribution in [2.45, 2.75) is 6.42 Å². The molecule has 1 amide bonds. The van der Waals surface area contributed by atoms with Crippen LogP contribution in [0.15, 0.2) is 30.4 Å². The molecule has 0 radical (unpaired) electrons. The van der Waals surface area contributed by atoms with Crippen LogP contribution in [-0.4, -0.2) is 61.9 Å². The van der Waals surface area contributed by atoms with Crippen LogP contribution in [0.5, 0.6) is 11.5 Å². The van der Waals surface area contributed by atoms with Gasteiger partial charge in [-0.25, -0.2) is 4.79 Å². The van der Waals surface area contributed by atoms with Gasteiger partial charge in [0.25, 0.3) is 5.91 Å². The van der Waals surface area contributed by atoms with E-state index in [4.69, 9.17) is 19.3 Å². The molecule has 1 aliphatic heterocycles. The van der Waals surface area contributed by atoms with Crippen molar-refractivity contribution in [3.05, 3.63) is 41.5 Å². The smallest absolute Gasteiger partial charge is 0.341 e. The van der Waals surface area contributed by atoms with Crippen molar-refractivity contribution in [1.29, 1.82) is 5.26 Å². The molecule has 1 fully saturated rings. The summed E-state index contributed by atoms with van der Waals surface area (Å²) in [6.07, 6.45) is 3.51. The Bertz CT molecular complexity index is 819. The van der Waals surface area contributed by atoms with Gasteiger partial charge < -0.3 is 24.2 Å². The number of hydrogen-bond acceptors (Lipinski definition) is 6. The quantitative estimate of drug-likeness (QED) is 0.411. The number of carbonyl (C=O) groups is 2. The standard InChI is InChI=1S/C20H22N2O6/c1-3-4-15-9-14(11-17(26-2)19(15)28-13-18(23)24)10-16(12-21)20(25)22-5-7-27-8-6-22/h3,9-11H,1,4-8,13H2,2H3,(H,23,24)/b16-10-. The summed E-state index contributed by atoms with van der Waals surface area (Å²) < 4.78 is 15.9. The maximum absolute atomic E-state index is 12.6. The van der Waals surface area contributed by atoms with Crippen molar-refractivity contribution < 1.29 is 28.9 Å². The van der Waals surface area contributed by atoms with Gasteiger partial charge >= 0.3 is 5.97 Å². The molecule has 0 aromatic heterocycles. The molecule has 0 bridgehead atoms. The molecular formula is C20H22N2O6. The molecule has 1 heterocycles. The summed E-state index contributed by atoms with van der Waals surface area (Å²) in [5.74, 6) is -0.873. The third-order valence-electron chi connectivity index (χ3n) is 4.04. The molecule has 28 heavy (non-hydrogen) atoms. The third kappa shape index (κ3) is 5.34. The van der Waals surface area contributed by atoms with E-state index >= 15 is 0 Å². The normalized spacial score (nSPS) is 14.1. The minimum atomic E-state index is -1.11. The summed E-state index contributed by atoms with van der Waals surface area (Å²) in [4.78, 5) is 25.0. The minimum absolute atomic E-state index is 0.00675. The number of carbonyl (C=O) groups excluding carboxylic acids is 1. The fourth-order valence-electron chi connectivity index (χ4n) is 2.77. The first kappa shape index (κ1) is 21.0. The van der Waals surface area contributed by atoms with Gasteiger partial charge in [0.15, 0.2) is 18.1 Å². The van der Waals surface area contributed by atoms with Crippen molar-refractivity contribution in [3.63, 3.8) is 0 Å². The molecule has 148 valence electrons. The summed E-state index contributed by atoms with van der Waals surface area (Å²) in [6.45, 7) is 4.93. The summed E-state index contributed by atoms with van der Waals surface area (Å²) in [6, 6.07) is 5.25. The maximum atomic E-state index is 12.6. The van der Waals surface area contributed by atoms with Crippen molar-refractivity contribution in [2.24, 2.45) is 0 Å². The number of rotatable bonds is 8. The van der Waals surface area contributed by atoms with Gasteiger partial charge in [0.1, 0.15) is 11.6 Å². The van der Waals surface area contributed by atoms with Gasteiger partial charge in [-0.1, -0.05) is 6.08 Å². The number of aliphatic carboxylic acids is 1. The van der Waals surface area contributed by atoms with Crippen LogP contribution in [0.4, 0.5) is 0 Å². The van der Waals surface area contributed by atoms with Crippen molar-refractivity contribution in [3.8, 4) is 17.6 Å². The van der Waals surface area contributed by atoms with Crippen LogP contribution in [0.2, 0.25) is 0 Å². The summed E-state index contributed by atoms with van der Waals surface area (Å²) in [5.41, 5.74) is 1.19. The average Bonchev–Trinajstić information content (AvgIpc) is 2.71. The molecule has 2 rings (SSSR count). The van der Waals surface area contributed by atoms with Crippen molar-refractivity contribution in [1.82, 2.24) is 4.90 Å². The second-order valence-electron chi connectivity index (χ2n) is 5.96. The molecule has 8 heteroatoms. The van der Waals surface area contributed by atoms with Crippen LogP contribution in [0.1, 0.15) is 11.1 Å². The molecule has 0 atom stereocenters. The zero-order valence-electron chi connectivity index (χ0n) is 15.6. The van der Waals surface area contributed by atoms with E-state index in [1.54, 1.807) is 23.1 Å². The number of carboxylic acid groups (broad SMARTS) is 1. The van der Waals surface area contributed by atoms with E-state index in [0.717, 1.165) is 0 Å². The van der Waals surface area contributed by atoms with Gasteiger partial charge in [0, 0.05) is 18.7 Å². The molecule has 1 aromatic rings. The van der Waals surface area contributed by atoms with Gasteiger partial charge in [-0.15, -0.1) is 6.58 Å². The lowest BCUT2D eigenvalue weighted by molar-refractivity contribution is -0.139. The monoisotopic (exact) mass is 386 g/mol. The third-order valence-corrected chi connectivity index (χ3v) is 4.04. The Kier molecular flexibility index (Phi) is 7.60. The predicted octanol–water partition coefficient (Wildman–Crippen LogP) is 1.65. The fourth-order valence-corrected chi connectivity index (χ4v) is 2.77. The zero-order chi connectivity index (χ0) is 20.5. The SMILES string of the molecule is C=CCc1cc(/C=C(/C#N)C(=O)N2CCOCC2)cc(OC)c1OCC(=O)O. The lowest BCUT2D eigenvalue weighted by atomic mass is 10.0. The van der Waals surface area contributed by atoms with Gasteiger partial charge in [0.2, 0.25) is 0 Å². The highest BCUT2D eigenvalue weighted by molar-refractivity contribution is 6.01. The molecule has 1 aromatic carbocycles. The molecule has 0 spiro atoms. The first-order valence-corrected chi connectivity index (χ1v) is 8.65. The second-order valence-corrected chi connectivity index (χ2v) is 5.96. The van der Waals surface area contributed by atoms with Gasteiger partial charge in [-0.05, 0) is 30.2 Å². The minimum Gasteiger partial charge on any atom is -0.493 e. The fraction of sp³-hybridized carbons (Fsp3) is 0.350. The highest BCUT2D eigenvalue weighted by Crippen LogP contribution is 2.34. The number of methoxy groups -OCH3 is 1. The average molecular weight is 386 g/mol. The first-order valence-electron chi connectivity index (χ1n) is 8.65. The largest absolute Gasteiger partial charge is 0.493 e. The van der Waals surface area contributed by atoms with E-state index in [9.17, 15) is 14.9 Å². The molecule has 1 N–H and O–H groups in total. The first-order chi connectivity index (χ1) is 13.5. The Morgan fingerprint density at radius 2 is 2.11 bits per heavy atom. The van der Waals surface area contributed by atoms with Crippen molar-refractivity contribution >= 4 is 18.0 Å². The second kappa shape index (κ2) is 10.1. The molecule has 0 saturated carbocycles. The Balaban J connectivity index is 2.39. The topological polar surface area (TPSA) is 109 Å². The molecule has 1 saturated heterocycles. The summed E-state index contributed by atoms with van der Waals surface area (Å²) >= 11 is 0. The van der Waals surface area contributed by atoms with E-state index in [2.05, 4.69) is 6.58 Å². The number of ether oxygens (including phenoxy) is 3. The van der Waals surface area contributed by atoms with E-state index in [1.807, 2.05) is 6.07 Å². The van der Waals surface area contributed by atoms with Crippen LogP contribution in [-0.2, 0) is 20.7 Å². The molecule has 0 unspecified atom stereocenters. The van der Waals surface area contributed by atoms with E-state index < -0.39 is 12.6 Å². The van der Waals surface area contributed by atoms with Crippen molar-refractivity contribution in [2.75, 3.05) is 40.0 Å². The van der Waals surface area contributed by atoms with Crippen LogP contribution in [0.25, 0.3) is 6.08 Å². The zero-order valence-corrected chi connectivity index (χ0v) is 15.6. The molecular weight excluding hydrogens is 364 g/mol. The number of nitrogens with zero attached hydrogens (tertiary/aromatic N) is 2. The Hall–Kier alpha value is -3.31. The summed E-state index contributed by atoms with van der Waals surface area (Å²) in [7, 11) is 1.43. The van der Waals surface area contributed by atoms with E-state index in [-0.39, 0.29) is 11.5 Å². The molecule has 0 aliphatic carbocycles. The highest BCUT2D eigenvalue weighted by Gasteiger charge is 2.21. The Morgan fingerprint density at radius 3 is 2.68 bits per heavy atom. The number of nitriles is 1. The van der Waals surface area contributed by atoms with Crippen LogP contribution in [0, 0.1) is 11.3 Å².